The number of benzene rings is 1. The number of anilines is 1. The van der Waals surface area contributed by atoms with Crippen LogP contribution in [0.4, 0.5) is 5.69 Å². The maximum Gasteiger partial charge on any atom is 0.304 e. The summed E-state index contributed by atoms with van der Waals surface area (Å²) in [5, 5.41) is 11.7. The zero-order chi connectivity index (χ0) is 13.8. The average Bonchev–Trinajstić information content (AvgIpc) is 2.65. The van der Waals surface area contributed by atoms with Crippen molar-refractivity contribution in [2.45, 2.75) is 6.42 Å². The van der Waals surface area contributed by atoms with Gasteiger partial charge in [-0.25, -0.2) is 0 Å². The van der Waals surface area contributed by atoms with Crippen LogP contribution >= 0.6 is 24.0 Å². The van der Waals surface area contributed by atoms with E-state index in [9.17, 15) is 9.59 Å². The Morgan fingerprint density at radius 1 is 1.42 bits per heavy atom. The van der Waals surface area contributed by atoms with Crippen molar-refractivity contribution in [1.82, 2.24) is 0 Å². The monoisotopic (exact) mass is 293 g/mol. The van der Waals surface area contributed by atoms with Crippen LogP contribution in [0.1, 0.15) is 6.42 Å². The van der Waals surface area contributed by atoms with Crippen LogP contribution in [-0.2, 0) is 9.59 Å². The molecule has 0 amide bonds. The van der Waals surface area contributed by atoms with E-state index in [1.54, 1.807) is 6.20 Å². The van der Waals surface area contributed by atoms with E-state index in [0.29, 0.717) is 9.10 Å². The molecular formula is C13H11NO3S2. The van der Waals surface area contributed by atoms with E-state index in [2.05, 4.69) is 5.32 Å². The highest BCUT2D eigenvalue weighted by molar-refractivity contribution is 8.27. The molecule has 1 aromatic rings. The molecule has 2 rings (SSSR count). The summed E-state index contributed by atoms with van der Waals surface area (Å²) in [6.45, 7) is 0. The van der Waals surface area contributed by atoms with Crippen LogP contribution in [0.25, 0.3) is 0 Å². The molecule has 0 aromatic heterocycles. The first-order valence-electron chi connectivity index (χ1n) is 5.57. The molecule has 1 aromatic carbocycles. The number of thiocarbonyl (C=S) groups is 1. The Kier molecular flexibility index (Phi) is 4.34. The second kappa shape index (κ2) is 5.99. The van der Waals surface area contributed by atoms with Gasteiger partial charge in [0.25, 0.3) is 0 Å². The lowest BCUT2D eigenvalue weighted by Gasteiger charge is -2.02. The highest BCUT2D eigenvalue weighted by Crippen LogP contribution is 2.36. The molecule has 1 atom stereocenters. The second-order valence-electron chi connectivity index (χ2n) is 3.95. The first kappa shape index (κ1) is 13.8. The number of thioether (sulfide) groups is 1. The van der Waals surface area contributed by atoms with Gasteiger partial charge in [-0.05, 0) is 12.1 Å². The number of hydrogen-bond donors (Lipinski definition) is 2. The van der Waals surface area contributed by atoms with E-state index in [1.807, 2.05) is 30.3 Å². The number of allylic oxidation sites excluding steroid dienone is 1. The second-order valence-corrected chi connectivity index (χ2v) is 5.74. The normalized spacial score (nSPS) is 20.8. The van der Waals surface area contributed by atoms with Crippen molar-refractivity contribution in [3.63, 3.8) is 0 Å². The topological polar surface area (TPSA) is 66.4 Å². The van der Waals surface area contributed by atoms with Crippen molar-refractivity contribution in [2.75, 3.05) is 5.32 Å². The summed E-state index contributed by atoms with van der Waals surface area (Å²) >= 11 is 6.21. The van der Waals surface area contributed by atoms with Gasteiger partial charge in [0.1, 0.15) is 0 Å². The molecule has 0 spiro atoms. The molecule has 0 saturated carbocycles. The van der Waals surface area contributed by atoms with Crippen molar-refractivity contribution < 1.29 is 14.7 Å². The Labute approximate surface area is 119 Å². The third-order valence-corrected chi connectivity index (χ3v) is 4.14. The quantitative estimate of drug-likeness (QED) is 0.657. The number of Topliss-reactive ketones (excluding diaryl/α,β-unsaturated/α-hetero) is 1. The largest absolute Gasteiger partial charge is 0.481 e. The van der Waals surface area contributed by atoms with Crippen molar-refractivity contribution in [3.8, 4) is 0 Å². The van der Waals surface area contributed by atoms with Crippen LogP contribution in [0.2, 0.25) is 0 Å². The van der Waals surface area contributed by atoms with Gasteiger partial charge in [-0.15, -0.1) is 0 Å². The number of carbonyl (C=O) groups excluding carboxylic acids is 1. The molecule has 0 bridgehead atoms. The van der Waals surface area contributed by atoms with Gasteiger partial charge in [-0.3, -0.25) is 9.59 Å². The molecule has 1 fully saturated rings. The van der Waals surface area contributed by atoms with Gasteiger partial charge in [0.15, 0.2) is 5.78 Å². The first-order chi connectivity index (χ1) is 9.08. The van der Waals surface area contributed by atoms with Crippen LogP contribution in [0.5, 0.6) is 0 Å². The minimum atomic E-state index is -1.02. The predicted octanol–water partition coefficient (Wildman–Crippen LogP) is 2.67. The van der Waals surface area contributed by atoms with E-state index in [4.69, 9.17) is 17.3 Å². The number of para-hydroxylation sites is 1. The highest BCUT2D eigenvalue weighted by Gasteiger charge is 2.36. The Morgan fingerprint density at radius 2 is 2.11 bits per heavy atom. The fourth-order valence-electron chi connectivity index (χ4n) is 1.64. The summed E-state index contributed by atoms with van der Waals surface area (Å²) in [6.07, 6.45) is 1.34. The number of rotatable bonds is 4. The number of ketones is 1. The third-order valence-electron chi connectivity index (χ3n) is 2.58. The van der Waals surface area contributed by atoms with E-state index in [-0.39, 0.29) is 12.2 Å². The van der Waals surface area contributed by atoms with Gasteiger partial charge < -0.3 is 10.4 Å². The van der Waals surface area contributed by atoms with E-state index in [0.717, 1.165) is 17.4 Å². The Bertz CT molecular complexity index is 554. The standard InChI is InChI=1S/C13H11NO3S2/c15-11(16)6-9-12(17)10(19-13(9)18)7-14-8-4-2-1-3-5-8/h1-5,7,9,14H,6H2,(H,15,16). The number of nitrogens with one attached hydrogen (secondary N) is 1. The summed E-state index contributed by atoms with van der Waals surface area (Å²) in [6, 6.07) is 9.39. The third kappa shape index (κ3) is 3.42. The molecular weight excluding hydrogens is 282 g/mol. The Morgan fingerprint density at radius 3 is 2.74 bits per heavy atom. The lowest BCUT2D eigenvalue weighted by atomic mass is 10.0. The summed E-state index contributed by atoms with van der Waals surface area (Å²) in [7, 11) is 0. The van der Waals surface area contributed by atoms with Gasteiger partial charge in [0, 0.05) is 11.9 Å². The number of carbonyl (C=O) groups is 2. The SMILES string of the molecule is O=C(O)CC1C(=O)C(=CNc2ccccc2)SC1=S. The van der Waals surface area contributed by atoms with Crippen molar-refractivity contribution >= 4 is 45.6 Å². The van der Waals surface area contributed by atoms with Gasteiger partial charge in [-0.1, -0.05) is 42.2 Å². The van der Waals surface area contributed by atoms with Crippen LogP contribution < -0.4 is 5.32 Å². The van der Waals surface area contributed by atoms with Crippen molar-refractivity contribution in [2.24, 2.45) is 5.92 Å². The lowest BCUT2D eigenvalue weighted by molar-refractivity contribution is -0.139. The molecule has 0 aliphatic carbocycles. The van der Waals surface area contributed by atoms with Gasteiger partial charge in [0.2, 0.25) is 0 Å². The molecule has 1 unspecified atom stereocenters. The first-order valence-corrected chi connectivity index (χ1v) is 6.80. The number of carboxylic acids is 1. The highest BCUT2D eigenvalue weighted by atomic mass is 32.2. The molecule has 1 heterocycles. The minimum absolute atomic E-state index is 0.221. The van der Waals surface area contributed by atoms with Crippen LogP contribution in [0, 0.1) is 5.92 Å². The molecule has 6 heteroatoms. The fourth-order valence-corrected chi connectivity index (χ4v) is 3.01. The van der Waals surface area contributed by atoms with E-state index in [1.165, 1.54) is 0 Å². The summed E-state index contributed by atoms with van der Waals surface area (Å²) in [5.41, 5.74) is 0.857. The maximum atomic E-state index is 12.0. The van der Waals surface area contributed by atoms with Gasteiger partial charge >= 0.3 is 5.97 Å². The molecule has 1 aliphatic heterocycles. The van der Waals surface area contributed by atoms with Crippen LogP contribution in [0.15, 0.2) is 41.4 Å². The molecule has 2 N–H and O–H groups in total. The van der Waals surface area contributed by atoms with E-state index < -0.39 is 11.9 Å². The van der Waals surface area contributed by atoms with Crippen molar-refractivity contribution in [1.29, 1.82) is 0 Å². The Balaban J connectivity index is 2.08. The van der Waals surface area contributed by atoms with E-state index >= 15 is 0 Å². The molecule has 1 aliphatic rings. The Hall–Kier alpha value is -1.66. The number of carboxylic acid groups (broad SMARTS) is 1. The molecule has 19 heavy (non-hydrogen) atoms. The zero-order valence-electron chi connectivity index (χ0n) is 9.83. The minimum Gasteiger partial charge on any atom is -0.481 e. The molecule has 1 saturated heterocycles. The fraction of sp³-hybridized carbons (Fsp3) is 0.154. The maximum absolute atomic E-state index is 12.0. The number of hydrogen-bond acceptors (Lipinski definition) is 5. The molecule has 4 nitrogen and oxygen atoms in total. The summed E-state index contributed by atoms with van der Waals surface area (Å²) < 4.78 is 0.425. The smallest absolute Gasteiger partial charge is 0.304 e. The zero-order valence-corrected chi connectivity index (χ0v) is 11.5. The molecule has 0 radical (unpaired) electrons. The average molecular weight is 293 g/mol. The molecule has 98 valence electrons. The lowest BCUT2D eigenvalue weighted by Crippen LogP contribution is -2.17. The van der Waals surface area contributed by atoms with Gasteiger partial charge in [0.05, 0.1) is 21.4 Å². The van der Waals surface area contributed by atoms with Crippen LogP contribution in [-0.4, -0.2) is 21.1 Å². The van der Waals surface area contributed by atoms with Crippen LogP contribution in [0.3, 0.4) is 0 Å². The summed E-state index contributed by atoms with van der Waals surface area (Å²) in [5.74, 6) is -1.93. The van der Waals surface area contributed by atoms with Gasteiger partial charge in [-0.2, -0.15) is 0 Å². The summed E-state index contributed by atoms with van der Waals surface area (Å²) in [4.78, 5) is 23.1. The predicted molar refractivity (Wildman–Crippen MR) is 79.1 cm³/mol. The van der Waals surface area contributed by atoms with Crippen molar-refractivity contribution in [3.05, 3.63) is 41.4 Å². The number of aliphatic carboxylic acids is 1.